The van der Waals surface area contributed by atoms with E-state index in [0.29, 0.717) is 33.5 Å². The van der Waals surface area contributed by atoms with Gasteiger partial charge in [-0.25, -0.2) is 9.78 Å². The van der Waals surface area contributed by atoms with E-state index in [4.69, 9.17) is 20.8 Å². The van der Waals surface area contributed by atoms with E-state index in [9.17, 15) is 10.1 Å². The van der Waals surface area contributed by atoms with Gasteiger partial charge in [-0.1, -0.05) is 54.1 Å². The number of halogens is 1. The van der Waals surface area contributed by atoms with Gasteiger partial charge in [-0.05, 0) is 42.5 Å². The van der Waals surface area contributed by atoms with Crippen LogP contribution in [0.2, 0.25) is 5.02 Å². The van der Waals surface area contributed by atoms with Crippen molar-refractivity contribution < 1.29 is 13.9 Å². The van der Waals surface area contributed by atoms with E-state index in [1.807, 2.05) is 48.5 Å². The lowest BCUT2D eigenvalue weighted by Gasteiger charge is -2.07. The minimum absolute atomic E-state index is 0.0978. The number of nitriles is 1. The Bertz CT molecular complexity index is 1560. The Morgan fingerprint density at radius 1 is 1.03 bits per heavy atom. The molecule has 0 radical (unpaired) electrons. The number of esters is 1. The smallest absolute Gasteiger partial charge is 0.338 e. The van der Waals surface area contributed by atoms with Crippen LogP contribution in [0.25, 0.3) is 34.0 Å². The summed E-state index contributed by atoms with van der Waals surface area (Å²) in [5.74, 6) is 1.16. The second-order valence-corrected chi connectivity index (χ2v) is 8.13. The van der Waals surface area contributed by atoms with Gasteiger partial charge in [0.1, 0.15) is 30.0 Å². The first-order chi connectivity index (χ1) is 17.1. The molecule has 0 aliphatic carbocycles. The number of nitrogens with zero attached hydrogens (tertiary/aromatic N) is 2. The van der Waals surface area contributed by atoms with Crippen molar-refractivity contribution in [2.75, 3.05) is 0 Å². The first kappa shape index (κ1) is 22.2. The monoisotopic (exact) mass is 479 g/mol. The molecule has 2 heterocycles. The molecule has 0 unspecified atom stereocenters. The van der Waals surface area contributed by atoms with E-state index in [-0.39, 0.29) is 6.61 Å². The van der Waals surface area contributed by atoms with E-state index >= 15 is 0 Å². The highest BCUT2D eigenvalue weighted by Crippen LogP contribution is 2.26. The van der Waals surface area contributed by atoms with E-state index in [2.05, 4.69) is 16.0 Å². The number of carbonyl (C=O) groups excluding carboxylic acids is 1. The van der Waals surface area contributed by atoms with Gasteiger partial charge in [-0.2, -0.15) is 5.26 Å². The third kappa shape index (κ3) is 4.86. The number of carbonyl (C=O) groups is 1. The van der Waals surface area contributed by atoms with Crippen LogP contribution >= 0.6 is 11.6 Å². The molecule has 2 aromatic heterocycles. The van der Waals surface area contributed by atoms with Gasteiger partial charge in [-0.15, -0.1) is 0 Å². The quantitative estimate of drug-likeness (QED) is 0.211. The molecule has 0 amide bonds. The van der Waals surface area contributed by atoms with E-state index in [0.717, 1.165) is 22.2 Å². The molecule has 0 atom stereocenters. The van der Waals surface area contributed by atoms with E-state index in [1.165, 1.54) is 0 Å². The number of aromatic amines is 1. The van der Waals surface area contributed by atoms with Crippen molar-refractivity contribution in [3.63, 3.8) is 0 Å². The predicted molar refractivity (Wildman–Crippen MR) is 134 cm³/mol. The fraction of sp³-hybridized carbons (Fsp3) is 0.0357. The molecule has 0 fully saturated rings. The molecule has 5 aromatic rings. The molecule has 6 nitrogen and oxygen atoms in total. The van der Waals surface area contributed by atoms with Crippen LogP contribution in [0.15, 0.2) is 89.3 Å². The summed E-state index contributed by atoms with van der Waals surface area (Å²) in [6.45, 7) is 0.0978. The number of rotatable bonds is 6. The third-order valence-corrected chi connectivity index (χ3v) is 5.77. The number of aromatic nitrogens is 2. The number of benzene rings is 3. The van der Waals surface area contributed by atoms with Crippen LogP contribution in [0.3, 0.4) is 0 Å². The number of hydrogen-bond acceptors (Lipinski definition) is 5. The average molecular weight is 480 g/mol. The molecule has 0 saturated heterocycles. The fourth-order valence-electron chi connectivity index (χ4n) is 3.57. The topological polar surface area (TPSA) is 91.9 Å². The van der Waals surface area contributed by atoms with Gasteiger partial charge in [0.15, 0.2) is 0 Å². The van der Waals surface area contributed by atoms with Crippen molar-refractivity contribution in [2.24, 2.45) is 0 Å². The molecule has 5 rings (SSSR count). The molecule has 0 aliphatic heterocycles. The van der Waals surface area contributed by atoms with Crippen molar-refractivity contribution in [1.82, 2.24) is 9.97 Å². The molecular weight excluding hydrogens is 462 g/mol. The number of H-pyrrole nitrogens is 1. The number of fused-ring (bicyclic) bond motifs is 1. The van der Waals surface area contributed by atoms with Gasteiger partial charge in [0.25, 0.3) is 0 Å². The van der Waals surface area contributed by atoms with Crippen LogP contribution in [0, 0.1) is 11.3 Å². The van der Waals surface area contributed by atoms with Gasteiger partial charge < -0.3 is 14.1 Å². The van der Waals surface area contributed by atoms with Crippen molar-refractivity contribution in [2.45, 2.75) is 6.61 Å². The lowest BCUT2D eigenvalue weighted by Crippen LogP contribution is -2.05. The van der Waals surface area contributed by atoms with Crippen LogP contribution in [0.4, 0.5) is 0 Å². The van der Waals surface area contributed by atoms with Crippen LogP contribution in [-0.2, 0) is 11.3 Å². The lowest BCUT2D eigenvalue weighted by molar-refractivity contribution is 0.0473. The zero-order chi connectivity index (χ0) is 24.2. The minimum atomic E-state index is -0.441. The summed E-state index contributed by atoms with van der Waals surface area (Å²) in [4.78, 5) is 20.0. The molecule has 0 saturated carbocycles. The second-order valence-electron chi connectivity index (χ2n) is 7.72. The zero-order valence-electron chi connectivity index (χ0n) is 18.4. The molecule has 1 N–H and O–H groups in total. The van der Waals surface area contributed by atoms with Crippen LogP contribution < -0.4 is 0 Å². The maximum Gasteiger partial charge on any atom is 0.338 e. The molecule has 0 aliphatic rings. The van der Waals surface area contributed by atoms with Gasteiger partial charge in [0.2, 0.25) is 0 Å². The maximum atomic E-state index is 12.4. The summed E-state index contributed by atoms with van der Waals surface area (Å²) in [6.07, 6.45) is 1.64. The van der Waals surface area contributed by atoms with Crippen molar-refractivity contribution in [1.29, 1.82) is 5.26 Å². The van der Waals surface area contributed by atoms with Gasteiger partial charge in [0, 0.05) is 22.2 Å². The highest BCUT2D eigenvalue weighted by molar-refractivity contribution is 6.31. The number of hydrogen-bond donors (Lipinski definition) is 1. The Morgan fingerprint density at radius 3 is 2.57 bits per heavy atom. The average Bonchev–Trinajstić information content (AvgIpc) is 3.54. The number of imidazole rings is 1. The van der Waals surface area contributed by atoms with Crippen LogP contribution in [0.5, 0.6) is 0 Å². The Hall–Kier alpha value is -4.60. The van der Waals surface area contributed by atoms with Crippen molar-refractivity contribution in [3.05, 3.63) is 113 Å². The standard InChI is InChI=1S/C28H18ClN3O3/c29-23-6-2-1-5-20(23)17-34-28(33)19-11-9-18(10-12-19)26-14-13-22(35-26)15-21(16-30)27-31-24-7-3-4-8-25(24)32-27/h1-15H,17H2,(H,31,32)/b21-15-. The summed E-state index contributed by atoms with van der Waals surface area (Å²) >= 11 is 6.11. The zero-order valence-corrected chi connectivity index (χ0v) is 19.1. The first-order valence-electron chi connectivity index (χ1n) is 10.8. The van der Waals surface area contributed by atoms with Crippen LogP contribution in [-0.4, -0.2) is 15.9 Å². The summed E-state index contributed by atoms with van der Waals surface area (Å²) in [6, 6.07) is 27.5. The predicted octanol–water partition coefficient (Wildman–Crippen LogP) is 6.90. The molecule has 0 bridgehead atoms. The van der Waals surface area contributed by atoms with Crippen molar-refractivity contribution in [3.8, 4) is 17.4 Å². The number of ether oxygens (including phenoxy) is 1. The number of allylic oxidation sites excluding steroid dienone is 1. The molecule has 170 valence electrons. The van der Waals surface area contributed by atoms with Crippen LogP contribution in [0.1, 0.15) is 27.5 Å². The molecular formula is C28H18ClN3O3. The van der Waals surface area contributed by atoms with Gasteiger partial charge >= 0.3 is 5.97 Å². The highest BCUT2D eigenvalue weighted by atomic mass is 35.5. The van der Waals surface area contributed by atoms with Gasteiger partial charge in [-0.3, -0.25) is 0 Å². The summed E-state index contributed by atoms with van der Waals surface area (Å²) in [5.41, 5.74) is 3.95. The largest absolute Gasteiger partial charge is 0.457 e. The Balaban J connectivity index is 1.29. The third-order valence-electron chi connectivity index (χ3n) is 5.40. The summed E-state index contributed by atoms with van der Waals surface area (Å²) in [5, 5.41) is 10.2. The molecule has 0 spiro atoms. The number of para-hydroxylation sites is 2. The highest BCUT2D eigenvalue weighted by Gasteiger charge is 2.12. The maximum absolute atomic E-state index is 12.4. The Kier molecular flexibility index (Phi) is 6.16. The second kappa shape index (κ2) is 9.72. The summed E-state index contributed by atoms with van der Waals surface area (Å²) in [7, 11) is 0. The summed E-state index contributed by atoms with van der Waals surface area (Å²) < 4.78 is 11.3. The Labute approximate surface area is 206 Å². The number of furan rings is 1. The van der Waals surface area contributed by atoms with E-state index < -0.39 is 5.97 Å². The SMILES string of the molecule is N#C/C(=C/c1ccc(-c2ccc(C(=O)OCc3ccccc3Cl)cc2)o1)c1nc2ccccc2[nH]1. The first-order valence-corrected chi connectivity index (χ1v) is 11.2. The number of nitrogens with one attached hydrogen (secondary N) is 1. The molecule has 7 heteroatoms. The molecule has 3 aromatic carbocycles. The molecule has 35 heavy (non-hydrogen) atoms. The lowest BCUT2D eigenvalue weighted by atomic mass is 10.1. The van der Waals surface area contributed by atoms with E-state index in [1.54, 1.807) is 42.5 Å². The normalized spacial score (nSPS) is 11.4. The Morgan fingerprint density at radius 2 is 1.80 bits per heavy atom. The van der Waals surface area contributed by atoms with Gasteiger partial charge in [0.05, 0.1) is 22.2 Å². The van der Waals surface area contributed by atoms with Crippen molar-refractivity contribution >= 4 is 40.3 Å². The fourth-order valence-corrected chi connectivity index (χ4v) is 3.76. The minimum Gasteiger partial charge on any atom is -0.457 e.